The Hall–Kier alpha value is -2.99. The number of carbonyl (C=O) groups excluding carboxylic acids is 3. The first kappa shape index (κ1) is 19.3. The molecule has 150 valence electrons. The van der Waals surface area contributed by atoms with Crippen molar-refractivity contribution >= 4 is 29.0 Å². The Morgan fingerprint density at radius 2 is 1.52 bits per heavy atom. The van der Waals surface area contributed by atoms with Crippen LogP contribution in [0, 0.1) is 6.92 Å². The van der Waals surface area contributed by atoms with E-state index in [4.69, 9.17) is 0 Å². The molecule has 0 aromatic heterocycles. The number of amides is 2. The van der Waals surface area contributed by atoms with Gasteiger partial charge in [0.15, 0.2) is 11.8 Å². The van der Waals surface area contributed by atoms with Crippen LogP contribution >= 0.6 is 0 Å². The van der Waals surface area contributed by atoms with E-state index in [0.717, 1.165) is 37.4 Å². The van der Waals surface area contributed by atoms with Gasteiger partial charge in [-0.15, -0.1) is 0 Å². The van der Waals surface area contributed by atoms with Crippen LogP contribution in [0.3, 0.4) is 0 Å². The Morgan fingerprint density at radius 1 is 0.931 bits per heavy atom. The second-order valence-electron chi connectivity index (χ2n) is 7.91. The molecular formula is C23H26N3O3+. The molecule has 2 aromatic rings. The normalized spacial score (nSPS) is 20.4. The largest absolute Gasteiger partial charge is 0.360 e. The van der Waals surface area contributed by atoms with Crippen LogP contribution in [0.15, 0.2) is 48.5 Å². The molecule has 1 atom stereocenters. The van der Waals surface area contributed by atoms with Crippen molar-refractivity contribution in [3.63, 3.8) is 0 Å². The standard InChI is InChI=1S/C23H25N3O3/c1-16-3-7-20(8-4-16)26-22(28)15-21(23(26)29)25-13-11-24(12-14-25)19-9-5-18(6-10-19)17(2)27/h3-10,21H,11-15H2,1-2H3/p+1/t21-/m0/s1. The van der Waals surface area contributed by atoms with Crippen molar-refractivity contribution in [1.82, 2.24) is 0 Å². The summed E-state index contributed by atoms with van der Waals surface area (Å²) in [4.78, 5) is 41.8. The summed E-state index contributed by atoms with van der Waals surface area (Å²) in [7, 11) is 0. The van der Waals surface area contributed by atoms with Crippen LogP contribution in [0.5, 0.6) is 0 Å². The molecule has 2 amide bonds. The van der Waals surface area contributed by atoms with Crippen LogP contribution in [-0.2, 0) is 9.59 Å². The number of imide groups is 1. The highest BCUT2D eigenvalue weighted by Crippen LogP contribution is 2.23. The molecule has 2 aromatic carbocycles. The molecule has 6 nitrogen and oxygen atoms in total. The number of quaternary nitrogens is 1. The van der Waals surface area contributed by atoms with Gasteiger partial charge in [0.1, 0.15) is 0 Å². The monoisotopic (exact) mass is 392 g/mol. The number of benzene rings is 2. The number of Topliss-reactive ketones (excluding diaryl/α,β-unsaturated/α-hetero) is 1. The minimum atomic E-state index is -0.300. The van der Waals surface area contributed by atoms with E-state index in [1.54, 1.807) is 6.92 Å². The van der Waals surface area contributed by atoms with Crippen LogP contribution in [0.2, 0.25) is 0 Å². The Bertz CT molecular complexity index is 929. The lowest BCUT2D eigenvalue weighted by Gasteiger charge is -2.35. The molecule has 2 aliphatic rings. The average molecular weight is 392 g/mol. The molecule has 2 aliphatic heterocycles. The van der Waals surface area contributed by atoms with Crippen molar-refractivity contribution in [1.29, 1.82) is 0 Å². The van der Waals surface area contributed by atoms with E-state index < -0.39 is 0 Å². The fraction of sp³-hybridized carbons (Fsp3) is 0.348. The number of ketones is 1. The highest BCUT2D eigenvalue weighted by atomic mass is 16.2. The summed E-state index contributed by atoms with van der Waals surface area (Å²) in [6.45, 7) is 6.79. The zero-order chi connectivity index (χ0) is 20.5. The summed E-state index contributed by atoms with van der Waals surface area (Å²) in [5.74, 6) is -0.139. The van der Waals surface area contributed by atoms with Gasteiger partial charge in [-0.25, -0.2) is 4.90 Å². The van der Waals surface area contributed by atoms with Crippen LogP contribution in [0.1, 0.15) is 29.3 Å². The van der Waals surface area contributed by atoms with Crippen molar-refractivity contribution in [3.8, 4) is 0 Å². The zero-order valence-corrected chi connectivity index (χ0v) is 16.9. The Morgan fingerprint density at radius 3 is 2.10 bits per heavy atom. The van der Waals surface area contributed by atoms with Crippen LogP contribution < -0.4 is 14.7 Å². The first-order valence-electron chi connectivity index (χ1n) is 10.1. The molecule has 6 heteroatoms. The van der Waals surface area contributed by atoms with Crippen molar-refractivity contribution in [2.45, 2.75) is 26.3 Å². The first-order chi connectivity index (χ1) is 13.9. The van der Waals surface area contributed by atoms with Gasteiger partial charge in [0.2, 0.25) is 5.91 Å². The van der Waals surface area contributed by atoms with E-state index in [1.807, 2.05) is 55.5 Å². The highest BCUT2D eigenvalue weighted by Gasteiger charge is 2.46. The molecule has 0 aliphatic carbocycles. The third-order valence-corrected chi connectivity index (χ3v) is 5.98. The number of nitrogens with one attached hydrogen (secondary N) is 1. The maximum Gasteiger partial charge on any atom is 0.292 e. The summed E-state index contributed by atoms with van der Waals surface area (Å²) in [6, 6.07) is 14.9. The number of anilines is 2. The van der Waals surface area contributed by atoms with Gasteiger partial charge in [0.25, 0.3) is 5.91 Å². The molecule has 2 heterocycles. The second kappa shape index (κ2) is 7.79. The maximum atomic E-state index is 13.0. The number of nitrogens with zero attached hydrogens (tertiary/aromatic N) is 2. The molecule has 0 unspecified atom stereocenters. The maximum absolute atomic E-state index is 13.0. The van der Waals surface area contributed by atoms with Gasteiger partial charge in [0.05, 0.1) is 38.3 Å². The van der Waals surface area contributed by atoms with Crippen molar-refractivity contribution in [2.24, 2.45) is 0 Å². The molecule has 1 N–H and O–H groups in total. The summed E-state index contributed by atoms with van der Waals surface area (Å²) < 4.78 is 0. The van der Waals surface area contributed by atoms with Gasteiger partial charge in [-0.1, -0.05) is 17.7 Å². The van der Waals surface area contributed by atoms with Crippen molar-refractivity contribution in [2.75, 3.05) is 36.0 Å². The van der Waals surface area contributed by atoms with Crippen molar-refractivity contribution in [3.05, 3.63) is 59.7 Å². The summed E-state index contributed by atoms with van der Waals surface area (Å²) in [5, 5.41) is 0. The van der Waals surface area contributed by atoms with Crippen LogP contribution in [-0.4, -0.2) is 49.8 Å². The second-order valence-corrected chi connectivity index (χ2v) is 7.91. The number of hydrogen-bond donors (Lipinski definition) is 1. The molecule has 2 saturated heterocycles. The fourth-order valence-electron chi connectivity index (χ4n) is 4.22. The van der Waals surface area contributed by atoms with Gasteiger partial charge in [-0.05, 0) is 50.2 Å². The van der Waals surface area contributed by atoms with Gasteiger partial charge < -0.3 is 9.80 Å². The predicted octanol–water partition coefficient (Wildman–Crippen LogP) is 1.23. The van der Waals surface area contributed by atoms with Gasteiger partial charge in [-0.2, -0.15) is 0 Å². The van der Waals surface area contributed by atoms with E-state index in [2.05, 4.69) is 4.90 Å². The average Bonchev–Trinajstić information content (AvgIpc) is 3.03. The quantitative estimate of drug-likeness (QED) is 0.628. The minimum absolute atomic E-state index is 0.0633. The Kier molecular flexibility index (Phi) is 5.20. The van der Waals surface area contributed by atoms with Gasteiger partial charge >= 0.3 is 0 Å². The van der Waals surface area contributed by atoms with Crippen molar-refractivity contribution < 1.29 is 19.3 Å². The van der Waals surface area contributed by atoms with Gasteiger partial charge in [-0.3, -0.25) is 14.4 Å². The third kappa shape index (κ3) is 3.80. The third-order valence-electron chi connectivity index (χ3n) is 5.98. The molecule has 0 saturated carbocycles. The lowest BCUT2D eigenvalue weighted by Crippen LogP contribution is -3.19. The summed E-state index contributed by atoms with van der Waals surface area (Å²) >= 11 is 0. The molecule has 0 radical (unpaired) electrons. The molecule has 0 spiro atoms. The van der Waals surface area contributed by atoms with Crippen LogP contribution in [0.25, 0.3) is 0 Å². The SMILES string of the molecule is CC(=O)c1ccc(N2CC[NH+]([C@H]3CC(=O)N(c4ccc(C)cc4)C3=O)CC2)cc1. The highest BCUT2D eigenvalue weighted by molar-refractivity contribution is 6.21. The smallest absolute Gasteiger partial charge is 0.292 e. The van der Waals surface area contributed by atoms with E-state index >= 15 is 0 Å². The van der Waals surface area contributed by atoms with Gasteiger partial charge in [0, 0.05) is 11.3 Å². The summed E-state index contributed by atoms with van der Waals surface area (Å²) in [6.07, 6.45) is 0.273. The lowest BCUT2D eigenvalue weighted by molar-refractivity contribution is -0.915. The first-order valence-corrected chi connectivity index (χ1v) is 10.1. The molecular weight excluding hydrogens is 366 g/mol. The molecule has 29 heavy (non-hydrogen) atoms. The van der Waals surface area contributed by atoms with E-state index in [1.165, 1.54) is 9.80 Å². The fourth-order valence-corrected chi connectivity index (χ4v) is 4.22. The predicted molar refractivity (Wildman–Crippen MR) is 111 cm³/mol. The molecule has 4 rings (SSSR count). The molecule has 2 fully saturated rings. The lowest BCUT2D eigenvalue weighted by atomic mass is 10.1. The zero-order valence-electron chi connectivity index (χ0n) is 16.9. The number of hydrogen-bond acceptors (Lipinski definition) is 4. The Balaban J connectivity index is 1.41. The number of aryl methyl sites for hydroxylation is 1. The van der Waals surface area contributed by atoms with E-state index in [9.17, 15) is 14.4 Å². The minimum Gasteiger partial charge on any atom is -0.360 e. The molecule has 0 bridgehead atoms. The van der Waals surface area contributed by atoms with E-state index in [-0.39, 0.29) is 30.1 Å². The van der Waals surface area contributed by atoms with Crippen LogP contribution in [0.4, 0.5) is 11.4 Å². The van der Waals surface area contributed by atoms with E-state index in [0.29, 0.717) is 11.3 Å². The number of carbonyl (C=O) groups is 3. The topological polar surface area (TPSA) is 62.1 Å². The number of piperazine rings is 1. The Labute approximate surface area is 170 Å². The summed E-state index contributed by atoms with van der Waals surface area (Å²) in [5.41, 5.74) is 3.56. The number of rotatable bonds is 4.